The Bertz CT molecular complexity index is 396. The molecule has 2 rings (SSSR count). The molecule has 0 nitrogen and oxygen atoms in total. The third-order valence-corrected chi connectivity index (χ3v) is 4.88. The van der Waals surface area contributed by atoms with Crippen LogP contribution in [0.25, 0.3) is 0 Å². The first-order valence-electron chi connectivity index (χ1n) is 8.03. The van der Waals surface area contributed by atoms with Gasteiger partial charge in [-0.25, -0.2) is 0 Å². The van der Waals surface area contributed by atoms with Crippen molar-refractivity contribution < 1.29 is 0 Å². The van der Waals surface area contributed by atoms with Crippen LogP contribution in [-0.2, 0) is 0 Å². The van der Waals surface area contributed by atoms with Gasteiger partial charge in [0.1, 0.15) is 0 Å². The van der Waals surface area contributed by atoms with Crippen LogP contribution in [-0.4, -0.2) is 11.8 Å². The minimum atomic E-state index is 0.588. The summed E-state index contributed by atoms with van der Waals surface area (Å²) >= 11 is 0. The minimum absolute atomic E-state index is 0.588. The summed E-state index contributed by atoms with van der Waals surface area (Å²) in [4.78, 5) is 0. The highest BCUT2D eigenvalue weighted by Crippen LogP contribution is 2.30. The topological polar surface area (TPSA) is 0 Å². The monoisotopic (exact) mass is 288 g/mol. The number of hydrogen-bond donors (Lipinski definition) is 0. The van der Waals surface area contributed by atoms with Crippen LogP contribution in [0.4, 0.5) is 0 Å². The number of hydrogen-bond acceptors (Lipinski definition) is 0. The second-order valence-electron chi connectivity index (χ2n) is 4.90. The summed E-state index contributed by atoms with van der Waals surface area (Å²) < 4.78 is 0. The van der Waals surface area contributed by atoms with Crippen LogP contribution in [0.15, 0.2) is 60.3 Å². The summed E-state index contributed by atoms with van der Waals surface area (Å²) in [6.45, 7) is 6.27. The lowest BCUT2D eigenvalue weighted by Gasteiger charge is -2.16. The minimum Gasteiger partial charge on any atom is -0.111 e. The summed E-state index contributed by atoms with van der Waals surface area (Å²) in [5, 5.41) is 0. The molecule has 0 aromatic rings. The Labute approximate surface area is 127 Å². The summed E-state index contributed by atoms with van der Waals surface area (Å²) in [7, 11) is 1.04. The van der Waals surface area contributed by atoms with Gasteiger partial charge in [-0.3, -0.25) is 0 Å². The van der Waals surface area contributed by atoms with E-state index in [9.17, 15) is 0 Å². The van der Waals surface area contributed by atoms with Crippen molar-refractivity contribution in [1.82, 2.24) is 0 Å². The summed E-state index contributed by atoms with van der Waals surface area (Å²) in [6, 6.07) is 0. The van der Waals surface area contributed by atoms with E-state index in [1.165, 1.54) is 24.6 Å². The summed E-state index contributed by atoms with van der Waals surface area (Å²) in [6.07, 6.45) is 25.7. The molecule has 0 aliphatic heterocycles. The number of allylic oxidation sites excluding steroid dienone is 10. The molecule has 0 fully saturated rings. The van der Waals surface area contributed by atoms with Gasteiger partial charge in [-0.05, 0) is 24.6 Å². The van der Waals surface area contributed by atoms with Crippen molar-refractivity contribution >= 4 is 8.58 Å². The zero-order chi connectivity index (χ0) is 14.6. The van der Waals surface area contributed by atoms with Gasteiger partial charge >= 0.3 is 0 Å². The Kier molecular flexibility index (Phi) is 9.33. The lowest BCUT2D eigenvalue weighted by molar-refractivity contribution is 0.783. The molecular formula is C19H29P. The zero-order valence-corrected chi connectivity index (χ0v) is 14.2. The van der Waals surface area contributed by atoms with Gasteiger partial charge in [0.15, 0.2) is 0 Å². The van der Waals surface area contributed by atoms with Crippen LogP contribution in [0.2, 0.25) is 0 Å². The molecule has 2 aliphatic carbocycles. The average molecular weight is 288 g/mol. The standard InChI is InChI=1S/C17H23P.C2H6/c1-2-3-13-18-17-12-8-7-11-16(14-17)15-9-5-4-6-10-15;1-2/h4-9,11-12,14-15,17-18H,2-3,10,13H2,1H3;1-2H3. The average Bonchev–Trinajstić information content (AvgIpc) is 2.76. The molecule has 3 unspecified atom stereocenters. The van der Waals surface area contributed by atoms with E-state index in [-0.39, 0.29) is 0 Å². The molecule has 0 bridgehead atoms. The predicted octanol–water partition coefficient (Wildman–Crippen LogP) is 6.04. The van der Waals surface area contributed by atoms with Gasteiger partial charge in [-0.2, -0.15) is 0 Å². The van der Waals surface area contributed by atoms with E-state index in [0.29, 0.717) is 11.6 Å². The molecule has 0 saturated carbocycles. The second kappa shape index (κ2) is 10.9. The van der Waals surface area contributed by atoms with E-state index < -0.39 is 0 Å². The molecule has 0 amide bonds. The Morgan fingerprint density at radius 2 is 1.90 bits per heavy atom. The molecule has 3 atom stereocenters. The third-order valence-electron chi connectivity index (χ3n) is 3.41. The first-order valence-corrected chi connectivity index (χ1v) is 9.32. The fraction of sp³-hybridized carbons (Fsp3) is 0.474. The largest absolute Gasteiger partial charge is 0.111 e. The van der Waals surface area contributed by atoms with Crippen molar-refractivity contribution in [2.24, 2.45) is 5.92 Å². The predicted molar refractivity (Wildman–Crippen MR) is 96.0 cm³/mol. The fourth-order valence-corrected chi connectivity index (χ4v) is 3.76. The Morgan fingerprint density at radius 1 is 1.10 bits per heavy atom. The van der Waals surface area contributed by atoms with Crippen LogP contribution in [0, 0.1) is 5.92 Å². The highest BCUT2D eigenvalue weighted by molar-refractivity contribution is 7.39. The first-order chi connectivity index (χ1) is 9.90. The number of unbranched alkanes of at least 4 members (excludes halogenated alkanes) is 1. The quantitative estimate of drug-likeness (QED) is 0.427. The molecule has 110 valence electrons. The molecule has 0 aromatic carbocycles. The Balaban J connectivity index is 0.000000956. The molecule has 0 spiro atoms. The highest BCUT2D eigenvalue weighted by Gasteiger charge is 2.12. The van der Waals surface area contributed by atoms with Crippen molar-refractivity contribution in [1.29, 1.82) is 0 Å². The molecule has 0 heterocycles. The maximum atomic E-state index is 2.49. The maximum Gasteiger partial charge on any atom is 0.0130 e. The molecule has 2 aliphatic rings. The Hall–Kier alpha value is -0.870. The van der Waals surface area contributed by atoms with Gasteiger partial charge in [0, 0.05) is 11.6 Å². The van der Waals surface area contributed by atoms with Crippen molar-refractivity contribution in [3.8, 4) is 0 Å². The second-order valence-corrected chi connectivity index (χ2v) is 6.47. The van der Waals surface area contributed by atoms with E-state index in [1.807, 2.05) is 13.8 Å². The van der Waals surface area contributed by atoms with E-state index in [4.69, 9.17) is 0 Å². The molecule has 0 radical (unpaired) electrons. The normalized spacial score (nSPS) is 24.4. The zero-order valence-electron chi connectivity index (χ0n) is 13.2. The van der Waals surface area contributed by atoms with E-state index in [1.54, 1.807) is 0 Å². The van der Waals surface area contributed by atoms with Gasteiger partial charge in [0.2, 0.25) is 0 Å². The van der Waals surface area contributed by atoms with Crippen molar-refractivity contribution in [3.05, 3.63) is 60.3 Å². The van der Waals surface area contributed by atoms with Crippen molar-refractivity contribution in [2.45, 2.75) is 45.7 Å². The molecule has 0 N–H and O–H groups in total. The van der Waals surface area contributed by atoms with Crippen LogP contribution < -0.4 is 0 Å². The maximum absolute atomic E-state index is 2.49. The first kappa shape index (κ1) is 17.2. The van der Waals surface area contributed by atoms with E-state index in [2.05, 4.69) is 61.6 Å². The third kappa shape index (κ3) is 6.06. The van der Waals surface area contributed by atoms with Crippen molar-refractivity contribution in [2.75, 3.05) is 6.16 Å². The van der Waals surface area contributed by atoms with Crippen LogP contribution in [0.5, 0.6) is 0 Å². The molecular weight excluding hydrogens is 259 g/mol. The molecule has 0 aromatic heterocycles. The molecule has 0 saturated heterocycles. The van der Waals surface area contributed by atoms with Crippen molar-refractivity contribution in [3.63, 3.8) is 0 Å². The van der Waals surface area contributed by atoms with Gasteiger partial charge in [0.25, 0.3) is 0 Å². The lowest BCUT2D eigenvalue weighted by Crippen LogP contribution is -2.03. The Morgan fingerprint density at radius 3 is 2.60 bits per heavy atom. The smallest absolute Gasteiger partial charge is 0.0130 e. The van der Waals surface area contributed by atoms with Gasteiger partial charge < -0.3 is 0 Å². The summed E-state index contributed by atoms with van der Waals surface area (Å²) in [5.41, 5.74) is 2.15. The van der Waals surface area contributed by atoms with Gasteiger partial charge in [0.05, 0.1) is 0 Å². The van der Waals surface area contributed by atoms with Gasteiger partial charge in [-0.15, -0.1) is 8.58 Å². The van der Waals surface area contributed by atoms with Gasteiger partial charge in [-0.1, -0.05) is 81.9 Å². The molecule has 20 heavy (non-hydrogen) atoms. The van der Waals surface area contributed by atoms with Crippen LogP contribution in [0.1, 0.15) is 40.0 Å². The van der Waals surface area contributed by atoms with Crippen LogP contribution >= 0.6 is 8.58 Å². The SMILES string of the molecule is CC.CCCCPC1C=CC=CC(C2C=CC=CC2)=C1. The number of rotatable bonds is 5. The lowest BCUT2D eigenvalue weighted by atomic mass is 9.91. The van der Waals surface area contributed by atoms with E-state index in [0.717, 1.165) is 15.0 Å². The summed E-state index contributed by atoms with van der Waals surface area (Å²) in [5.74, 6) is 0.588. The van der Waals surface area contributed by atoms with E-state index >= 15 is 0 Å². The van der Waals surface area contributed by atoms with Crippen LogP contribution in [0.3, 0.4) is 0 Å². The fourth-order valence-electron chi connectivity index (χ4n) is 2.32. The highest BCUT2D eigenvalue weighted by atomic mass is 31.1. The molecule has 1 heteroatoms.